The maximum atomic E-state index is 12.0. The molecule has 0 amide bonds. The van der Waals surface area contributed by atoms with Gasteiger partial charge in [0.05, 0.1) is 24.8 Å². The van der Waals surface area contributed by atoms with Crippen LogP contribution in [-0.2, 0) is 16.1 Å². The predicted molar refractivity (Wildman–Crippen MR) is 116 cm³/mol. The summed E-state index contributed by atoms with van der Waals surface area (Å²) >= 11 is 0. The van der Waals surface area contributed by atoms with Gasteiger partial charge in [-0.3, -0.25) is 9.79 Å². The van der Waals surface area contributed by atoms with Gasteiger partial charge in [0.25, 0.3) is 0 Å². The molecule has 8 heteroatoms. The second kappa shape index (κ2) is 9.91. The first-order chi connectivity index (χ1) is 12.6. The van der Waals surface area contributed by atoms with Gasteiger partial charge < -0.3 is 19.4 Å². The number of aliphatic imine (C=N–C) groups is 1. The zero-order valence-electron chi connectivity index (χ0n) is 16.1. The highest BCUT2D eigenvalue weighted by Crippen LogP contribution is 2.18. The third-order valence-corrected chi connectivity index (χ3v) is 4.65. The van der Waals surface area contributed by atoms with Crippen LogP contribution >= 0.6 is 24.0 Å². The predicted octanol–water partition coefficient (Wildman–Crippen LogP) is 2.61. The summed E-state index contributed by atoms with van der Waals surface area (Å²) in [4.78, 5) is 23.2. The van der Waals surface area contributed by atoms with E-state index >= 15 is 0 Å². The van der Waals surface area contributed by atoms with Crippen molar-refractivity contribution in [3.63, 3.8) is 0 Å². The number of ether oxygens (including phenoxy) is 1. The molecule has 1 atom stereocenters. The summed E-state index contributed by atoms with van der Waals surface area (Å²) in [7, 11) is 1.77. The number of carbonyl (C=O) groups is 1. The minimum absolute atomic E-state index is 0. The highest BCUT2D eigenvalue weighted by molar-refractivity contribution is 14.0. The fourth-order valence-corrected chi connectivity index (χ4v) is 3.35. The first-order valence-electron chi connectivity index (χ1n) is 9.17. The molecule has 1 N–H and O–H groups in total. The summed E-state index contributed by atoms with van der Waals surface area (Å²) in [6.45, 7) is 6.45. The number of likely N-dealkylation sites (tertiary alicyclic amines) is 1. The van der Waals surface area contributed by atoms with Crippen molar-refractivity contribution in [1.29, 1.82) is 0 Å². The number of pyridine rings is 1. The van der Waals surface area contributed by atoms with Gasteiger partial charge >= 0.3 is 5.97 Å². The number of carbonyl (C=O) groups excluding carboxylic acids is 1. The van der Waals surface area contributed by atoms with Crippen LogP contribution in [0.2, 0.25) is 0 Å². The van der Waals surface area contributed by atoms with E-state index in [1.54, 1.807) is 7.05 Å². The fraction of sp³-hybridized carbons (Fsp3) is 0.526. The van der Waals surface area contributed by atoms with E-state index in [0.29, 0.717) is 19.7 Å². The summed E-state index contributed by atoms with van der Waals surface area (Å²) in [6, 6.07) is 4.13. The Hall–Kier alpha value is -1.84. The number of rotatable bonds is 4. The Morgan fingerprint density at radius 1 is 1.48 bits per heavy atom. The molecule has 148 valence electrons. The Kier molecular flexibility index (Phi) is 7.88. The number of hydrogen-bond donors (Lipinski definition) is 1. The monoisotopic (exact) mass is 485 g/mol. The maximum Gasteiger partial charge on any atom is 0.310 e. The highest BCUT2D eigenvalue weighted by atomic mass is 127. The van der Waals surface area contributed by atoms with E-state index < -0.39 is 0 Å². The molecule has 0 saturated carbocycles. The van der Waals surface area contributed by atoms with Crippen LogP contribution in [0.3, 0.4) is 0 Å². The highest BCUT2D eigenvalue weighted by Gasteiger charge is 2.28. The van der Waals surface area contributed by atoms with E-state index in [4.69, 9.17) is 4.74 Å². The zero-order chi connectivity index (χ0) is 18.5. The first kappa shape index (κ1) is 21.5. The van der Waals surface area contributed by atoms with Crippen LogP contribution < -0.4 is 5.32 Å². The van der Waals surface area contributed by atoms with Crippen molar-refractivity contribution in [2.24, 2.45) is 10.9 Å². The average molecular weight is 485 g/mol. The van der Waals surface area contributed by atoms with Crippen LogP contribution in [0.25, 0.3) is 5.65 Å². The summed E-state index contributed by atoms with van der Waals surface area (Å²) in [5.41, 5.74) is 3.09. The Bertz CT molecular complexity index is 804. The van der Waals surface area contributed by atoms with Gasteiger partial charge in [0.15, 0.2) is 5.96 Å². The molecule has 0 unspecified atom stereocenters. The summed E-state index contributed by atoms with van der Waals surface area (Å²) in [5, 5.41) is 3.37. The molecule has 1 fully saturated rings. The number of imidazole rings is 1. The van der Waals surface area contributed by atoms with Gasteiger partial charge in [0, 0.05) is 32.5 Å². The molecule has 0 spiro atoms. The molecule has 3 heterocycles. The number of aromatic nitrogens is 2. The van der Waals surface area contributed by atoms with Crippen molar-refractivity contribution < 1.29 is 9.53 Å². The van der Waals surface area contributed by atoms with Crippen LogP contribution in [0.5, 0.6) is 0 Å². The second-order valence-corrected chi connectivity index (χ2v) is 6.64. The van der Waals surface area contributed by atoms with Crippen LogP contribution in [0.4, 0.5) is 0 Å². The molecule has 1 aliphatic rings. The lowest BCUT2D eigenvalue weighted by molar-refractivity contribution is -0.149. The van der Waals surface area contributed by atoms with Crippen LogP contribution in [0.15, 0.2) is 29.5 Å². The Morgan fingerprint density at radius 3 is 3.04 bits per heavy atom. The number of fused-ring (bicyclic) bond motifs is 1. The molecule has 1 saturated heterocycles. The smallest absolute Gasteiger partial charge is 0.310 e. The van der Waals surface area contributed by atoms with Gasteiger partial charge in [-0.1, -0.05) is 0 Å². The third kappa shape index (κ3) is 5.33. The molecule has 7 nitrogen and oxygen atoms in total. The van der Waals surface area contributed by atoms with Crippen molar-refractivity contribution in [1.82, 2.24) is 19.6 Å². The molecule has 2 aromatic rings. The lowest BCUT2D eigenvalue weighted by Crippen LogP contribution is -2.48. The molecule has 3 rings (SSSR count). The van der Waals surface area contributed by atoms with E-state index in [0.717, 1.165) is 36.7 Å². The number of hydrogen-bond acceptors (Lipinski definition) is 4. The fourth-order valence-electron chi connectivity index (χ4n) is 3.35. The minimum atomic E-state index is -0.108. The van der Waals surface area contributed by atoms with Crippen molar-refractivity contribution in [3.05, 3.63) is 35.8 Å². The van der Waals surface area contributed by atoms with Gasteiger partial charge in [0.2, 0.25) is 0 Å². The lowest BCUT2D eigenvalue weighted by Gasteiger charge is -2.33. The van der Waals surface area contributed by atoms with Gasteiger partial charge in [-0.15, -0.1) is 24.0 Å². The normalized spacial score (nSPS) is 17.5. The quantitative estimate of drug-likeness (QED) is 0.312. The standard InChI is InChI=1S/C19H27N5O2.HI/c1-4-26-18(25)15-6-5-8-24(12-15)19(20-3)21-11-16-13-23-9-7-14(2)10-17(23)22-16;/h7,9-10,13,15H,4-6,8,11-12H2,1-3H3,(H,20,21);1H/t15-;/m1./s1. The zero-order valence-corrected chi connectivity index (χ0v) is 18.5. The van der Waals surface area contributed by atoms with Crippen molar-refractivity contribution in [2.75, 3.05) is 26.7 Å². The maximum absolute atomic E-state index is 12.0. The summed E-state index contributed by atoms with van der Waals surface area (Å²) in [6.07, 6.45) is 5.87. The molecule has 0 aromatic carbocycles. The van der Waals surface area contributed by atoms with E-state index in [1.807, 2.05) is 23.7 Å². The van der Waals surface area contributed by atoms with Crippen molar-refractivity contribution in [2.45, 2.75) is 33.2 Å². The van der Waals surface area contributed by atoms with E-state index in [2.05, 4.69) is 39.2 Å². The summed E-state index contributed by atoms with van der Waals surface area (Å²) in [5.74, 6) is 0.607. The Morgan fingerprint density at radius 2 is 2.30 bits per heavy atom. The van der Waals surface area contributed by atoms with Gasteiger partial charge in [-0.2, -0.15) is 0 Å². The lowest BCUT2D eigenvalue weighted by atomic mass is 9.98. The number of piperidine rings is 1. The summed E-state index contributed by atoms with van der Waals surface area (Å²) < 4.78 is 7.20. The van der Waals surface area contributed by atoms with E-state index in [1.165, 1.54) is 5.56 Å². The number of aryl methyl sites for hydroxylation is 1. The number of nitrogens with zero attached hydrogens (tertiary/aromatic N) is 4. The topological polar surface area (TPSA) is 71.2 Å². The molecule has 2 aromatic heterocycles. The van der Waals surface area contributed by atoms with Crippen LogP contribution in [-0.4, -0.2) is 53.0 Å². The largest absolute Gasteiger partial charge is 0.466 e. The molecule has 1 aliphatic heterocycles. The SMILES string of the molecule is CCOC(=O)[C@@H]1CCCN(C(=NC)NCc2cn3ccc(C)cc3n2)C1.I. The molecular formula is C19H28IN5O2. The van der Waals surface area contributed by atoms with Crippen molar-refractivity contribution >= 4 is 41.6 Å². The molecule has 0 bridgehead atoms. The molecular weight excluding hydrogens is 457 g/mol. The molecule has 27 heavy (non-hydrogen) atoms. The number of guanidine groups is 1. The molecule has 0 aliphatic carbocycles. The van der Waals surface area contributed by atoms with Gasteiger partial charge in [0.1, 0.15) is 5.65 Å². The molecule has 0 radical (unpaired) electrons. The Balaban J connectivity index is 0.00000261. The van der Waals surface area contributed by atoms with Crippen molar-refractivity contribution in [3.8, 4) is 0 Å². The average Bonchev–Trinajstić information content (AvgIpc) is 3.04. The van der Waals surface area contributed by atoms with Crippen LogP contribution in [0.1, 0.15) is 31.0 Å². The number of nitrogens with one attached hydrogen (secondary N) is 1. The van der Waals surface area contributed by atoms with Crippen LogP contribution in [0, 0.1) is 12.8 Å². The van der Waals surface area contributed by atoms with Gasteiger partial charge in [-0.05, 0) is 44.4 Å². The number of halogens is 1. The minimum Gasteiger partial charge on any atom is -0.466 e. The van der Waals surface area contributed by atoms with E-state index in [9.17, 15) is 4.79 Å². The van der Waals surface area contributed by atoms with Gasteiger partial charge in [-0.25, -0.2) is 4.98 Å². The number of esters is 1. The first-order valence-corrected chi connectivity index (χ1v) is 9.17. The third-order valence-electron chi connectivity index (χ3n) is 4.65. The second-order valence-electron chi connectivity index (χ2n) is 6.64. The Labute approximate surface area is 177 Å². The van der Waals surface area contributed by atoms with E-state index in [-0.39, 0.29) is 35.9 Å².